The first-order valence-corrected chi connectivity index (χ1v) is 6.09. The number of hydrogen-bond acceptors (Lipinski definition) is 2. The Kier molecular flexibility index (Phi) is 2.47. The second kappa shape index (κ2) is 4.02. The maximum atomic E-state index is 11.5. The largest absolute Gasteiger partial charge is 0.481 e. The number of furan rings is 1. The molecule has 1 N–H and O–H groups in total. The summed E-state index contributed by atoms with van der Waals surface area (Å²) in [6.07, 6.45) is 5.75. The molecule has 3 rings (SSSR count). The standard InChI is InChI=1S/C15H14O3/c16-14(17)15(6-2-7-15)13-4-1-3-11(9-13)12-5-8-18-10-12/h1,3-5,8-10H,2,6-7H2,(H,16,17). The van der Waals surface area contributed by atoms with Crippen LogP contribution in [0, 0.1) is 0 Å². The third-order valence-corrected chi connectivity index (χ3v) is 3.89. The van der Waals surface area contributed by atoms with Crippen LogP contribution in [0.25, 0.3) is 11.1 Å². The summed E-state index contributed by atoms with van der Waals surface area (Å²) >= 11 is 0. The molecule has 3 nitrogen and oxygen atoms in total. The van der Waals surface area contributed by atoms with Crippen molar-refractivity contribution in [2.45, 2.75) is 24.7 Å². The highest BCUT2D eigenvalue weighted by Gasteiger charge is 2.45. The van der Waals surface area contributed by atoms with Crippen molar-refractivity contribution in [3.63, 3.8) is 0 Å². The van der Waals surface area contributed by atoms with E-state index in [-0.39, 0.29) is 0 Å². The van der Waals surface area contributed by atoms with E-state index in [1.54, 1.807) is 12.5 Å². The molecule has 1 saturated carbocycles. The van der Waals surface area contributed by atoms with Gasteiger partial charge < -0.3 is 9.52 Å². The average molecular weight is 242 g/mol. The van der Waals surface area contributed by atoms with Gasteiger partial charge in [-0.25, -0.2) is 0 Å². The molecular weight excluding hydrogens is 228 g/mol. The molecule has 0 bridgehead atoms. The van der Waals surface area contributed by atoms with E-state index in [1.165, 1.54) is 0 Å². The third kappa shape index (κ3) is 1.55. The molecule has 2 aromatic rings. The minimum atomic E-state index is -0.710. The van der Waals surface area contributed by atoms with Crippen molar-refractivity contribution in [2.24, 2.45) is 0 Å². The predicted molar refractivity (Wildman–Crippen MR) is 67.3 cm³/mol. The first kappa shape index (κ1) is 11.1. The van der Waals surface area contributed by atoms with Gasteiger partial charge >= 0.3 is 5.97 Å². The highest BCUT2D eigenvalue weighted by molar-refractivity contribution is 5.83. The van der Waals surface area contributed by atoms with E-state index in [1.807, 2.05) is 30.3 Å². The van der Waals surface area contributed by atoms with Crippen LogP contribution in [-0.2, 0) is 10.2 Å². The summed E-state index contributed by atoms with van der Waals surface area (Å²) in [5, 5.41) is 9.44. The van der Waals surface area contributed by atoms with E-state index in [0.29, 0.717) is 0 Å². The molecule has 92 valence electrons. The molecule has 0 atom stereocenters. The number of carboxylic acid groups (broad SMARTS) is 1. The van der Waals surface area contributed by atoms with E-state index in [2.05, 4.69) is 0 Å². The lowest BCUT2D eigenvalue weighted by atomic mass is 9.64. The minimum absolute atomic E-state index is 0.667. The van der Waals surface area contributed by atoms with Crippen molar-refractivity contribution in [3.8, 4) is 11.1 Å². The van der Waals surface area contributed by atoms with Gasteiger partial charge in [-0.1, -0.05) is 24.6 Å². The Hall–Kier alpha value is -2.03. The lowest BCUT2D eigenvalue weighted by Crippen LogP contribution is -2.42. The minimum Gasteiger partial charge on any atom is -0.481 e. The summed E-state index contributed by atoms with van der Waals surface area (Å²) in [6, 6.07) is 9.66. The van der Waals surface area contributed by atoms with Gasteiger partial charge in [0.05, 0.1) is 17.9 Å². The van der Waals surface area contributed by atoms with Gasteiger partial charge in [-0.3, -0.25) is 4.79 Å². The van der Waals surface area contributed by atoms with Crippen LogP contribution in [-0.4, -0.2) is 11.1 Å². The molecule has 18 heavy (non-hydrogen) atoms. The molecule has 1 aromatic heterocycles. The normalized spacial score (nSPS) is 17.1. The van der Waals surface area contributed by atoms with Crippen LogP contribution in [0.1, 0.15) is 24.8 Å². The van der Waals surface area contributed by atoms with E-state index < -0.39 is 11.4 Å². The summed E-state index contributed by atoms with van der Waals surface area (Å²) in [5.74, 6) is -0.710. The average Bonchev–Trinajstić information content (AvgIpc) is 2.80. The topological polar surface area (TPSA) is 50.4 Å². The van der Waals surface area contributed by atoms with Crippen LogP contribution in [0.15, 0.2) is 47.3 Å². The Balaban J connectivity index is 2.04. The van der Waals surface area contributed by atoms with Crippen molar-refractivity contribution in [2.75, 3.05) is 0 Å². The molecule has 1 aliphatic rings. The van der Waals surface area contributed by atoms with Crippen LogP contribution >= 0.6 is 0 Å². The summed E-state index contributed by atoms with van der Waals surface area (Å²) in [6.45, 7) is 0. The zero-order chi connectivity index (χ0) is 12.6. The molecular formula is C15H14O3. The molecule has 0 aliphatic heterocycles. The molecule has 0 radical (unpaired) electrons. The number of carboxylic acids is 1. The molecule has 1 fully saturated rings. The molecule has 0 saturated heterocycles. The first-order chi connectivity index (χ1) is 8.72. The smallest absolute Gasteiger partial charge is 0.314 e. The third-order valence-electron chi connectivity index (χ3n) is 3.89. The predicted octanol–water partition coefficient (Wildman–Crippen LogP) is 3.45. The molecule has 1 heterocycles. The Morgan fingerprint density at radius 3 is 2.61 bits per heavy atom. The fourth-order valence-corrected chi connectivity index (χ4v) is 2.58. The van der Waals surface area contributed by atoms with Gasteiger partial charge in [0.1, 0.15) is 0 Å². The summed E-state index contributed by atoms with van der Waals surface area (Å²) < 4.78 is 5.07. The molecule has 0 amide bonds. The second-order valence-electron chi connectivity index (χ2n) is 4.83. The quantitative estimate of drug-likeness (QED) is 0.896. The fraction of sp³-hybridized carbons (Fsp3) is 0.267. The Labute approximate surface area is 105 Å². The van der Waals surface area contributed by atoms with Gasteiger partial charge in [0.25, 0.3) is 0 Å². The van der Waals surface area contributed by atoms with Gasteiger partial charge in [-0.15, -0.1) is 0 Å². The highest BCUT2D eigenvalue weighted by atomic mass is 16.4. The van der Waals surface area contributed by atoms with E-state index in [4.69, 9.17) is 4.42 Å². The van der Waals surface area contributed by atoms with Gasteiger partial charge in [-0.2, -0.15) is 0 Å². The van der Waals surface area contributed by atoms with Crippen LogP contribution < -0.4 is 0 Å². The summed E-state index contributed by atoms with van der Waals surface area (Å²) in [4.78, 5) is 11.5. The highest BCUT2D eigenvalue weighted by Crippen LogP contribution is 2.44. The Morgan fingerprint density at radius 1 is 1.22 bits per heavy atom. The maximum absolute atomic E-state index is 11.5. The molecule has 1 aliphatic carbocycles. The van der Waals surface area contributed by atoms with Crippen molar-refractivity contribution in [3.05, 3.63) is 48.4 Å². The first-order valence-electron chi connectivity index (χ1n) is 6.09. The fourth-order valence-electron chi connectivity index (χ4n) is 2.58. The van der Waals surface area contributed by atoms with Crippen LogP contribution in [0.3, 0.4) is 0 Å². The Bertz CT molecular complexity index is 565. The van der Waals surface area contributed by atoms with E-state index in [0.717, 1.165) is 36.0 Å². The lowest BCUT2D eigenvalue weighted by Gasteiger charge is -2.38. The molecule has 0 unspecified atom stereocenters. The summed E-state index contributed by atoms with van der Waals surface area (Å²) in [5.41, 5.74) is 2.23. The molecule has 0 spiro atoms. The van der Waals surface area contributed by atoms with Crippen LogP contribution in [0.4, 0.5) is 0 Å². The lowest BCUT2D eigenvalue weighted by molar-refractivity contribution is -0.147. The molecule has 1 aromatic carbocycles. The van der Waals surface area contributed by atoms with Gasteiger partial charge in [0.2, 0.25) is 0 Å². The maximum Gasteiger partial charge on any atom is 0.314 e. The van der Waals surface area contributed by atoms with Crippen molar-refractivity contribution in [1.29, 1.82) is 0 Å². The van der Waals surface area contributed by atoms with Gasteiger partial charge in [0, 0.05) is 5.56 Å². The van der Waals surface area contributed by atoms with Crippen molar-refractivity contribution < 1.29 is 14.3 Å². The zero-order valence-corrected chi connectivity index (χ0v) is 9.93. The van der Waals surface area contributed by atoms with E-state index in [9.17, 15) is 9.90 Å². The number of benzene rings is 1. The number of aliphatic carboxylic acids is 1. The number of rotatable bonds is 3. The Morgan fingerprint density at radius 2 is 2.06 bits per heavy atom. The van der Waals surface area contributed by atoms with Crippen molar-refractivity contribution >= 4 is 5.97 Å². The van der Waals surface area contributed by atoms with Crippen LogP contribution in [0.2, 0.25) is 0 Å². The number of carbonyl (C=O) groups is 1. The second-order valence-corrected chi connectivity index (χ2v) is 4.83. The van der Waals surface area contributed by atoms with Gasteiger partial charge in [0.15, 0.2) is 0 Å². The van der Waals surface area contributed by atoms with Crippen LogP contribution in [0.5, 0.6) is 0 Å². The van der Waals surface area contributed by atoms with E-state index >= 15 is 0 Å². The van der Waals surface area contributed by atoms with Crippen molar-refractivity contribution in [1.82, 2.24) is 0 Å². The number of hydrogen-bond donors (Lipinski definition) is 1. The summed E-state index contributed by atoms with van der Waals surface area (Å²) in [7, 11) is 0. The monoisotopic (exact) mass is 242 g/mol. The van der Waals surface area contributed by atoms with Gasteiger partial charge in [-0.05, 0) is 36.1 Å². The molecule has 3 heteroatoms. The SMILES string of the molecule is O=C(O)C1(c2cccc(-c3ccoc3)c2)CCC1. The zero-order valence-electron chi connectivity index (χ0n) is 9.93.